The maximum absolute atomic E-state index is 6.56. The van der Waals surface area contributed by atoms with Gasteiger partial charge in [-0.1, -0.05) is 51.7 Å². The molecule has 0 saturated carbocycles. The van der Waals surface area contributed by atoms with Crippen LogP contribution >= 0.6 is 0 Å². The molecule has 0 amide bonds. The molecule has 0 spiro atoms. The first-order valence-corrected chi connectivity index (χ1v) is 16.4. The fourth-order valence-electron chi connectivity index (χ4n) is 5.59. The summed E-state index contributed by atoms with van der Waals surface area (Å²) in [5.41, 5.74) is 11.2. The molecule has 3 aromatic carbocycles. The maximum Gasteiger partial charge on any atom is 0.216 e. The second kappa shape index (κ2) is 8.34. The van der Waals surface area contributed by atoms with Crippen LogP contribution in [0.3, 0.4) is 0 Å². The average Bonchev–Trinajstić information content (AvgIpc) is 3.13. The number of hydrogen-bond acceptors (Lipinski definition) is 1. The van der Waals surface area contributed by atoms with E-state index in [1.807, 2.05) is 0 Å². The van der Waals surface area contributed by atoms with Crippen molar-refractivity contribution in [2.45, 2.75) is 60.7 Å². The van der Waals surface area contributed by atoms with Crippen molar-refractivity contribution in [2.75, 3.05) is 0 Å². The first-order chi connectivity index (χ1) is 16.5. The van der Waals surface area contributed by atoms with Crippen LogP contribution in [-0.2, 0) is 13.5 Å². The van der Waals surface area contributed by atoms with E-state index in [2.05, 4.69) is 114 Å². The fourth-order valence-corrected chi connectivity index (χ4v) is 7.17. The molecule has 0 fully saturated rings. The van der Waals surface area contributed by atoms with Crippen LogP contribution in [0.4, 0.5) is 0 Å². The van der Waals surface area contributed by atoms with Crippen LogP contribution in [0, 0.1) is 26.7 Å². The maximum atomic E-state index is 6.56. The Morgan fingerprint density at radius 3 is 2.23 bits per heavy atom. The molecule has 0 N–H and O–H groups in total. The summed E-state index contributed by atoms with van der Waals surface area (Å²) in [6.45, 7) is 18.7. The zero-order valence-electron chi connectivity index (χ0n) is 22.8. The molecule has 2 aromatic heterocycles. The van der Waals surface area contributed by atoms with Gasteiger partial charge in [-0.2, -0.15) is 4.57 Å². The van der Waals surface area contributed by atoms with Gasteiger partial charge in [-0.15, -0.1) is 0 Å². The van der Waals surface area contributed by atoms with Crippen LogP contribution in [0.1, 0.15) is 36.1 Å². The Bertz CT molecular complexity index is 1620. The predicted molar refractivity (Wildman–Crippen MR) is 154 cm³/mol. The van der Waals surface area contributed by atoms with Crippen molar-refractivity contribution in [3.8, 4) is 11.3 Å². The SMILES string of the molecule is Cc1cc2c([Si](C)(C)C)cc(-c3c(C)c(C)cc4c3oc3ccccc34)[n+](C)c2cc1CC(C)C. The standard InChI is InChI=1S/C32H38NOSi/c1-19(2)14-23-17-27-26(16-21(23)4)30(35(7,8)9)18-28(33(27)6)31-22(5)20(3)15-25-24-12-10-11-13-29(24)34-32(25)31/h10-13,15-19H,14H2,1-9H3/q+1. The van der Waals surface area contributed by atoms with E-state index in [1.54, 1.807) is 0 Å². The average molecular weight is 481 g/mol. The highest BCUT2D eigenvalue weighted by Gasteiger charge is 2.30. The van der Waals surface area contributed by atoms with Crippen molar-refractivity contribution in [1.82, 2.24) is 0 Å². The van der Waals surface area contributed by atoms with Crippen LogP contribution in [0.25, 0.3) is 44.1 Å². The second-order valence-corrected chi connectivity index (χ2v) is 16.9. The number of furan rings is 1. The molecule has 2 heterocycles. The van der Waals surface area contributed by atoms with E-state index in [0.717, 1.165) is 17.6 Å². The summed E-state index contributed by atoms with van der Waals surface area (Å²) in [5, 5.41) is 5.32. The molecule has 0 aliphatic heterocycles. The van der Waals surface area contributed by atoms with Crippen LogP contribution < -0.4 is 9.75 Å². The van der Waals surface area contributed by atoms with Crippen molar-refractivity contribution in [3.63, 3.8) is 0 Å². The smallest absolute Gasteiger partial charge is 0.216 e. The zero-order valence-corrected chi connectivity index (χ0v) is 23.8. The van der Waals surface area contributed by atoms with Crippen molar-refractivity contribution < 1.29 is 8.98 Å². The Labute approximate surface area is 210 Å². The van der Waals surface area contributed by atoms with Gasteiger partial charge in [-0.25, -0.2) is 0 Å². The minimum atomic E-state index is -1.63. The molecule has 0 radical (unpaired) electrons. The summed E-state index contributed by atoms with van der Waals surface area (Å²) in [6.07, 6.45) is 1.10. The van der Waals surface area contributed by atoms with Gasteiger partial charge in [0.15, 0.2) is 0 Å². The third-order valence-corrected chi connectivity index (χ3v) is 9.66. The van der Waals surface area contributed by atoms with Crippen molar-refractivity contribution >= 4 is 46.1 Å². The van der Waals surface area contributed by atoms with Gasteiger partial charge < -0.3 is 4.42 Å². The van der Waals surface area contributed by atoms with Crippen LogP contribution in [0.15, 0.2) is 52.9 Å². The Morgan fingerprint density at radius 2 is 1.54 bits per heavy atom. The molecule has 5 aromatic rings. The summed E-state index contributed by atoms with van der Waals surface area (Å²) >= 11 is 0. The van der Waals surface area contributed by atoms with E-state index >= 15 is 0 Å². The molecule has 2 nitrogen and oxygen atoms in total. The Morgan fingerprint density at radius 1 is 0.857 bits per heavy atom. The lowest BCUT2D eigenvalue weighted by atomic mass is 9.94. The highest BCUT2D eigenvalue weighted by atomic mass is 28.3. The summed E-state index contributed by atoms with van der Waals surface area (Å²) in [5.74, 6) is 0.630. The molecule has 0 atom stereocenters. The van der Waals surface area contributed by atoms with Gasteiger partial charge in [0, 0.05) is 28.3 Å². The molecule has 0 bridgehead atoms. The number of benzene rings is 3. The molecule has 0 aliphatic rings. The minimum absolute atomic E-state index is 0.630. The van der Waals surface area contributed by atoms with Crippen LogP contribution in [0.2, 0.25) is 19.6 Å². The first kappa shape index (κ1) is 23.8. The van der Waals surface area contributed by atoms with Crippen molar-refractivity contribution in [3.05, 3.63) is 70.8 Å². The lowest BCUT2D eigenvalue weighted by molar-refractivity contribution is -0.633. The van der Waals surface area contributed by atoms with E-state index in [0.29, 0.717) is 5.92 Å². The second-order valence-electron chi connectivity index (χ2n) is 11.8. The van der Waals surface area contributed by atoms with E-state index in [9.17, 15) is 0 Å². The fraction of sp³-hybridized carbons (Fsp3) is 0.344. The molecule has 0 aliphatic carbocycles. The number of para-hydroxylation sites is 1. The van der Waals surface area contributed by atoms with Crippen LogP contribution in [0.5, 0.6) is 0 Å². The van der Waals surface area contributed by atoms with Gasteiger partial charge in [0.2, 0.25) is 11.2 Å². The molecule has 0 unspecified atom stereocenters. The van der Waals surface area contributed by atoms with Gasteiger partial charge in [0.05, 0.1) is 13.6 Å². The van der Waals surface area contributed by atoms with Gasteiger partial charge in [0.25, 0.3) is 0 Å². The largest absolute Gasteiger partial charge is 0.455 e. The molecular formula is C32H38NOSi+. The number of aryl methyl sites for hydroxylation is 3. The summed E-state index contributed by atoms with van der Waals surface area (Å²) in [6, 6.07) is 18.1. The number of aromatic nitrogens is 1. The number of rotatable bonds is 4. The van der Waals surface area contributed by atoms with Crippen molar-refractivity contribution in [1.29, 1.82) is 0 Å². The Hall–Kier alpha value is -2.91. The minimum Gasteiger partial charge on any atom is -0.455 e. The molecule has 3 heteroatoms. The summed E-state index contributed by atoms with van der Waals surface area (Å²) < 4.78 is 8.97. The number of fused-ring (bicyclic) bond motifs is 4. The molecular weight excluding hydrogens is 442 g/mol. The molecule has 180 valence electrons. The van der Waals surface area contributed by atoms with Gasteiger partial charge in [-0.3, -0.25) is 0 Å². The zero-order chi connectivity index (χ0) is 25.2. The normalized spacial score (nSPS) is 12.5. The lowest BCUT2D eigenvalue weighted by Crippen LogP contribution is -2.43. The molecule has 0 saturated heterocycles. The summed E-state index contributed by atoms with van der Waals surface area (Å²) in [4.78, 5) is 0. The molecule has 35 heavy (non-hydrogen) atoms. The van der Waals surface area contributed by atoms with Gasteiger partial charge in [0.1, 0.15) is 18.2 Å². The van der Waals surface area contributed by atoms with E-state index in [4.69, 9.17) is 4.42 Å². The summed E-state index contributed by atoms with van der Waals surface area (Å²) in [7, 11) is 0.601. The highest BCUT2D eigenvalue weighted by molar-refractivity contribution is 6.90. The lowest BCUT2D eigenvalue weighted by Gasteiger charge is -2.21. The van der Waals surface area contributed by atoms with E-state index in [1.165, 1.54) is 60.4 Å². The van der Waals surface area contributed by atoms with Crippen LogP contribution in [-0.4, -0.2) is 8.07 Å². The quantitative estimate of drug-likeness (QED) is 0.189. The first-order valence-electron chi connectivity index (χ1n) is 12.9. The topological polar surface area (TPSA) is 17.0 Å². The third kappa shape index (κ3) is 3.90. The highest BCUT2D eigenvalue weighted by Crippen LogP contribution is 2.39. The van der Waals surface area contributed by atoms with E-state index < -0.39 is 8.07 Å². The molecule has 5 rings (SSSR count). The van der Waals surface area contributed by atoms with Gasteiger partial charge in [-0.05, 0) is 78.7 Å². The Kier molecular flexibility index (Phi) is 5.67. The number of hydrogen-bond donors (Lipinski definition) is 0. The number of pyridine rings is 1. The van der Waals surface area contributed by atoms with Crippen molar-refractivity contribution in [2.24, 2.45) is 13.0 Å². The third-order valence-electron chi connectivity index (χ3n) is 7.63. The Balaban J connectivity index is 1.94. The number of nitrogens with zero attached hydrogens (tertiary/aromatic N) is 1. The van der Waals surface area contributed by atoms with Gasteiger partial charge >= 0.3 is 0 Å². The predicted octanol–water partition coefficient (Wildman–Crippen LogP) is 7.90. The monoisotopic (exact) mass is 480 g/mol. The van der Waals surface area contributed by atoms with E-state index in [-0.39, 0.29) is 0 Å².